The normalized spacial score (nSPS) is 13.4. The average molecular weight is 427 g/mol. The lowest BCUT2D eigenvalue weighted by Crippen LogP contribution is -2.54. The molecular formula is C24H30N2O5. The van der Waals surface area contributed by atoms with E-state index in [0.29, 0.717) is 6.42 Å². The van der Waals surface area contributed by atoms with Crippen LogP contribution < -0.4 is 10.6 Å². The molecule has 0 fully saturated rings. The Hall–Kier alpha value is -3.35. The number of ether oxygens (including phenoxy) is 2. The van der Waals surface area contributed by atoms with Crippen molar-refractivity contribution < 1.29 is 23.9 Å². The van der Waals surface area contributed by atoms with Crippen molar-refractivity contribution in [3.63, 3.8) is 0 Å². The maximum absolute atomic E-state index is 13.0. The van der Waals surface area contributed by atoms with E-state index in [-0.39, 0.29) is 18.9 Å². The lowest BCUT2D eigenvalue weighted by Gasteiger charge is -2.25. The summed E-state index contributed by atoms with van der Waals surface area (Å²) in [7, 11) is 1.28. The molecule has 2 amide bonds. The zero-order valence-electron chi connectivity index (χ0n) is 18.2. The molecule has 0 heterocycles. The zero-order chi connectivity index (χ0) is 22.6. The molecule has 166 valence electrons. The first-order chi connectivity index (χ1) is 14.9. The van der Waals surface area contributed by atoms with Crippen LogP contribution in [0.2, 0.25) is 0 Å². The van der Waals surface area contributed by atoms with Crippen molar-refractivity contribution in [2.24, 2.45) is 5.92 Å². The Morgan fingerprint density at radius 3 is 2.03 bits per heavy atom. The van der Waals surface area contributed by atoms with Crippen LogP contribution in [0.1, 0.15) is 31.4 Å². The predicted octanol–water partition coefficient (Wildman–Crippen LogP) is 3.23. The molecule has 2 N–H and O–H groups in total. The predicted molar refractivity (Wildman–Crippen MR) is 117 cm³/mol. The highest BCUT2D eigenvalue weighted by molar-refractivity contribution is 5.90. The van der Waals surface area contributed by atoms with Gasteiger partial charge in [0, 0.05) is 6.42 Å². The fourth-order valence-corrected chi connectivity index (χ4v) is 3.04. The Morgan fingerprint density at radius 2 is 1.48 bits per heavy atom. The molecule has 0 radical (unpaired) electrons. The van der Waals surface area contributed by atoms with Gasteiger partial charge in [0.2, 0.25) is 5.91 Å². The van der Waals surface area contributed by atoms with Gasteiger partial charge in [-0.2, -0.15) is 0 Å². The second-order valence-electron chi connectivity index (χ2n) is 7.34. The molecule has 0 saturated heterocycles. The maximum atomic E-state index is 13.0. The molecule has 7 heteroatoms. The second kappa shape index (κ2) is 12.4. The van der Waals surface area contributed by atoms with E-state index in [1.165, 1.54) is 7.11 Å². The number of carbonyl (C=O) groups is 3. The Kier molecular flexibility index (Phi) is 9.55. The number of nitrogens with one attached hydrogen (secondary N) is 2. The maximum Gasteiger partial charge on any atom is 0.408 e. The van der Waals surface area contributed by atoms with Crippen LogP contribution in [0, 0.1) is 5.92 Å². The molecule has 0 aliphatic carbocycles. The van der Waals surface area contributed by atoms with E-state index in [4.69, 9.17) is 9.47 Å². The minimum absolute atomic E-state index is 0.0975. The lowest BCUT2D eigenvalue weighted by atomic mass is 9.97. The molecule has 3 atom stereocenters. The van der Waals surface area contributed by atoms with Gasteiger partial charge in [0.05, 0.1) is 7.11 Å². The number of carbonyl (C=O) groups excluding carboxylic acids is 3. The number of rotatable bonds is 10. The summed E-state index contributed by atoms with van der Waals surface area (Å²) in [5, 5.41) is 5.37. The van der Waals surface area contributed by atoms with Gasteiger partial charge in [-0.15, -0.1) is 0 Å². The monoisotopic (exact) mass is 426 g/mol. The molecule has 2 aromatic carbocycles. The number of amides is 2. The number of esters is 1. The summed E-state index contributed by atoms with van der Waals surface area (Å²) in [4.78, 5) is 37.5. The number of alkyl carbamates (subject to hydrolysis) is 1. The van der Waals surface area contributed by atoms with Crippen molar-refractivity contribution in [3.05, 3.63) is 71.8 Å². The van der Waals surface area contributed by atoms with Gasteiger partial charge in [0.1, 0.15) is 18.7 Å². The van der Waals surface area contributed by atoms with E-state index >= 15 is 0 Å². The first-order valence-electron chi connectivity index (χ1n) is 10.3. The van der Waals surface area contributed by atoms with Crippen molar-refractivity contribution >= 4 is 18.0 Å². The van der Waals surface area contributed by atoms with Crippen LogP contribution in [0.25, 0.3) is 0 Å². The molecule has 0 bridgehead atoms. The summed E-state index contributed by atoms with van der Waals surface area (Å²) < 4.78 is 10.1. The third-order valence-electron chi connectivity index (χ3n) is 5.07. The molecule has 2 unspecified atom stereocenters. The average Bonchev–Trinajstić information content (AvgIpc) is 2.81. The van der Waals surface area contributed by atoms with Gasteiger partial charge in [-0.1, -0.05) is 80.9 Å². The van der Waals surface area contributed by atoms with Gasteiger partial charge in [-0.3, -0.25) is 4.79 Å². The van der Waals surface area contributed by atoms with Crippen molar-refractivity contribution in [2.75, 3.05) is 7.11 Å². The summed E-state index contributed by atoms with van der Waals surface area (Å²) in [6.07, 6.45) is 0.241. The molecule has 2 aromatic rings. The van der Waals surface area contributed by atoms with Gasteiger partial charge in [-0.05, 0) is 17.0 Å². The SMILES string of the molecule is CCC(C)C(NC(=O)OCc1ccccc1)C(=O)N[C@@H](Cc1ccccc1)C(=O)OC. The number of benzene rings is 2. The molecule has 0 saturated carbocycles. The fourth-order valence-electron chi connectivity index (χ4n) is 3.04. The van der Waals surface area contributed by atoms with Crippen LogP contribution >= 0.6 is 0 Å². The Balaban J connectivity index is 2.03. The van der Waals surface area contributed by atoms with Crippen LogP contribution in [0.3, 0.4) is 0 Å². The molecule has 0 aliphatic rings. The quantitative estimate of drug-likeness (QED) is 0.569. The van der Waals surface area contributed by atoms with E-state index in [1.807, 2.05) is 74.5 Å². The zero-order valence-corrected chi connectivity index (χ0v) is 18.2. The lowest BCUT2D eigenvalue weighted by molar-refractivity contribution is -0.145. The highest BCUT2D eigenvalue weighted by atomic mass is 16.5. The van der Waals surface area contributed by atoms with Crippen LogP contribution in [0.5, 0.6) is 0 Å². The van der Waals surface area contributed by atoms with Crippen molar-refractivity contribution in [2.45, 2.75) is 45.4 Å². The van der Waals surface area contributed by atoms with Gasteiger partial charge in [-0.25, -0.2) is 9.59 Å². The smallest absolute Gasteiger partial charge is 0.408 e. The third-order valence-corrected chi connectivity index (χ3v) is 5.07. The Morgan fingerprint density at radius 1 is 0.903 bits per heavy atom. The van der Waals surface area contributed by atoms with Crippen molar-refractivity contribution in [1.82, 2.24) is 10.6 Å². The summed E-state index contributed by atoms with van der Waals surface area (Å²) in [5.41, 5.74) is 1.73. The van der Waals surface area contributed by atoms with Gasteiger partial charge in [0.15, 0.2) is 0 Å². The van der Waals surface area contributed by atoms with Gasteiger partial charge < -0.3 is 20.1 Å². The van der Waals surface area contributed by atoms with E-state index in [1.54, 1.807) is 0 Å². The number of hydrogen-bond acceptors (Lipinski definition) is 5. The first-order valence-corrected chi connectivity index (χ1v) is 10.3. The summed E-state index contributed by atoms with van der Waals surface area (Å²) in [6, 6.07) is 16.9. The van der Waals surface area contributed by atoms with Crippen LogP contribution in [-0.4, -0.2) is 37.2 Å². The van der Waals surface area contributed by atoms with E-state index < -0.39 is 30.1 Å². The van der Waals surface area contributed by atoms with E-state index in [2.05, 4.69) is 10.6 Å². The summed E-state index contributed by atoms with van der Waals surface area (Å²) in [5.74, 6) is -1.18. The van der Waals surface area contributed by atoms with Crippen LogP contribution in [0.4, 0.5) is 4.79 Å². The number of methoxy groups -OCH3 is 1. The molecule has 2 rings (SSSR count). The summed E-state index contributed by atoms with van der Waals surface area (Å²) >= 11 is 0. The topological polar surface area (TPSA) is 93.7 Å². The van der Waals surface area contributed by atoms with Gasteiger partial charge in [0.25, 0.3) is 0 Å². The summed E-state index contributed by atoms with van der Waals surface area (Å²) in [6.45, 7) is 3.87. The largest absolute Gasteiger partial charge is 0.467 e. The molecule has 0 spiro atoms. The molecule has 0 aromatic heterocycles. The molecule has 31 heavy (non-hydrogen) atoms. The van der Waals surface area contributed by atoms with Crippen LogP contribution in [0.15, 0.2) is 60.7 Å². The standard InChI is InChI=1S/C24H30N2O5/c1-4-17(2)21(26-24(29)31-16-19-13-9-6-10-14-19)22(27)25-20(23(28)30-3)15-18-11-7-5-8-12-18/h5-14,17,20-21H,4,15-16H2,1-3H3,(H,25,27)(H,26,29)/t17?,20-,21?/m0/s1. The van der Waals surface area contributed by atoms with E-state index in [0.717, 1.165) is 11.1 Å². The van der Waals surface area contributed by atoms with Crippen molar-refractivity contribution in [1.29, 1.82) is 0 Å². The fraction of sp³-hybridized carbons (Fsp3) is 0.375. The molecular weight excluding hydrogens is 396 g/mol. The van der Waals surface area contributed by atoms with E-state index in [9.17, 15) is 14.4 Å². The minimum atomic E-state index is -0.867. The second-order valence-corrected chi connectivity index (χ2v) is 7.34. The third kappa shape index (κ3) is 7.77. The van der Waals surface area contributed by atoms with Crippen molar-refractivity contribution in [3.8, 4) is 0 Å². The van der Waals surface area contributed by atoms with Crippen LogP contribution in [-0.2, 0) is 32.1 Å². The van der Waals surface area contributed by atoms with Gasteiger partial charge >= 0.3 is 12.1 Å². The highest BCUT2D eigenvalue weighted by Crippen LogP contribution is 2.11. The molecule has 0 aliphatic heterocycles. The molecule has 7 nitrogen and oxygen atoms in total. The Bertz CT molecular complexity index is 842. The Labute approximate surface area is 183 Å². The highest BCUT2D eigenvalue weighted by Gasteiger charge is 2.30. The minimum Gasteiger partial charge on any atom is -0.467 e. The first kappa shape index (κ1) is 23.9. The number of hydrogen-bond donors (Lipinski definition) is 2.